The number of nitrogens with one attached hydrogen (secondary N) is 1. The van der Waals surface area contributed by atoms with Crippen LogP contribution in [0.3, 0.4) is 0 Å². The molecule has 0 aromatic heterocycles. The predicted molar refractivity (Wildman–Crippen MR) is 71.0 cm³/mol. The third-order valence-electron chi connectivity index (χ3n) is 3.51. The van der Waals surface area contributed by atoms with E-state index in [4.69, 9.17) is 0 Å². The van der Waals surface area contributed by atoms with Crippen LogP contribution in [-0.2, 0) is 4.84 Å². The number of nitrogens with zero attached hydrogens (tertiary/aromatic N) is 1. The predicted octanol–water partition coefficient (Wildman–Crippen LogP) is 2.86. The molecule has 0 radical (unpaired) electrons. The Morgan fingerprint density at radius 3 is 2.70 bits per heavy atom. The second kappa shape index (κ2) is 6.45. The highest BCUT2D eigenvalue weighted by atomic mass is 19.1. The molecular formula is C14H18FN2O3+. The lowest BCUT2D eigenvalue weighted by atomic mass is 9.95. The fourth-order valence-corrected chi connectivity index (χ4v) is 2.42. The van der Waals surface area contributed by atoms with E-state index in [2.05, 4.69) is 10.2 Å². The van der Waals surface area contributed by atoms with Crippen molar-refractivity contribution in [1.82, 2.24) is 5.32 Å². The van der Waals surface area contributed by atoms with Gasteiger partial charge in [0.25, 0.3) is 10.8 Å². The summed E-state index contributed by atoms with van der Waals surface area (Å²) in [6, 6.07) is 3.65. The van der Waals surface area contributed by atoms with Crippen LogP contribution in [0, 0.1) is 10.7 Å². The number of hydrogen-bond donors (Lipinski definition) is 1. The molecule has 108 valence electrons. The molecule has 0 atom stereocenters. The second-order valence-corrected chi connectivity index (χ2v) is 4.91. The van der Waals surface area contributed by atoms with Gasteiger partial charge in [-0.1, -0.05) is 19.3 Å². The minimum atomic E-state index is -0.647. The van der Waals surface area contributed by atoms with E-state index >= 15 is 0 Å². The zero-order chi connectivity index (χ0) is 14.5. The van der Waals surface area contributed by atoms with E-state index in [0.29, 0.717) is 0 Å². The lowest BCUT2D eigenvalue weighted by Gasteiger charge is -2.22. The lowest BCUT2D eigenvalue weighted by molar-refractivity contribution is -0.736. The van der Waals surface area contributed by atoms with Crippen LogP contribution in [0.2, 0.25) is 0 Å². The molecule has 6 heteroatoms. The maximum Gasteiger partial charge on any atom is 0.317 e. The Balaban J connectivity index is 2.13. The number of rotatable bonds is 4. The SMILES string of the molecule is CO[N+](=O)c1ccc(F)c(C(=O)NC2CCCCC2)c1. The van der Waals surface area contributed by atoms with Crippen molar-refractivity contribution in [3.8, 4) is 0 Å². The number of halogens is 1. The van der Waals surface area contributed by atoms with Gasteiger partial charge in [-0.3, -0.25) is 4.79 Å². The van der Waals surface area contributed by atoms with Crippen molar-refractivity contribution in [2.24, 2.45) is 0 Å². The molecule has 0 unspecified atom stereocenters. The smallest absolute Gasteiger partial charge is 0.317 e. The van der Waals surface area contributed by atoms with Crippen molar-refractivity contribution in [3.63, 3.8) is 0 Å². The molecule has 0 heterocycles. The quantitative estimate of drug-likeness (QED) is 0.863. The van der Waals surface area contributed by atoms with Crippen molar-refractivity contribution in [2.75, 3.05) is 7.11 Å². The van der Waals surface area contributed by atoms with E-state index in [1.165, 1.54) is 25.7 Å². The standard InChI is InChI=1S/C14H17FN2O3/c1-20-17(19)11-7-8-13(15)12(9-11)14(18)16-10-5-3-2-4-6-10/h7-10H,2-6H2,1H3/p+1. The molecule has 1 saturated carbocycles. The zero-order valence-electron chi connectivity index (χ0n) is 11.4. The summed E-state index contributed by atoms with van der Waals surface area (Å²) in [5.41, 5.74) is -0.0475. The van der Waals surface area contributed by atoms with Crippen molar-refractivity contribution in [3.05, 3.63) is 34.5 Å². The molecule has 0 bridgehead atoms. The van der Waals surface area contributed by atoms with Gasteiger partial charge in [0.05, 0.1) is 10.5 Å². The largest absolute Gasteiger partial charge is 0.349 e. The topological polar surface area (TPSA) is 58.4 Å². The van der Waals surface area contributed by atoms with Crippen molar-refractivity contribution >= 4 is 11.6 Å². The van der Waals surface area contributed by atoms with Crippen LogP contribution in [0.1, 0.15) is 42.5 Å². The maximum atomic E-state index is 13.7. The summed E-state index contributed by atoms with van der Waals surface area (Å²) in [6.45, 7) is 0. The van der Waals surface area contributed by atoms with Gasteiger partial charge in [-0.25, -0.2) is 9.23 Å². The van der Waals surface area contributed by atoms with E-state index in [9.17, 15) is 14.1 Å². The molecule has 20 heavy (non-hydrogen) atoms. The maximum absolute atomic E-state index is 13.7. The van der Waals surface area contributed by atoms with E-state index in [-0.39, 0.29) is 22.2 Å². The first kappa shape index (κ1) is 14.4. The van der Waals surface area contributed by atoms with Crippen LogP contribution in [0.4, 0.5) is 10.1 Å². The molecule has 0 saturated heterocycles. The molecular weight excluding hydrogens is 263 g/mol. The van der Waals surface area contributed by atoms with Gasteiger partial charge in [0.1, 0.15) is 5.82 Å². The van der Waals surface area contributed by atoms with E-state index < -0.39 is 11.7 Å². The van der Waals surface area contributed by atoms with Crippen LogP contribution in [0.15, 0.2) is 18.2 Å². The average Bonchev–Trinajstić information content (AvgIpc) is 2.48. The molecule has 2 rings (SSSR count). The Hall–Kier alpha value is -1.98. The van der Waals surface area contributed by atoms with Gasteiger partial charge >= 0.3 is 5.69 Å². The molecule has 1 aliphatic carbocycles. The fourth-order valence-electron chi connectivity index (χ4n) is 2.42. The molecule has 1 aromatic carbocycles. The first-order chi connectivity index (χ1) is 9.61. The van der Waals surface area contributed by atoms with Crippen molar-refractivity contribution in [1.29, 1.82) is 0 Å². The number of hydrogen-bond acceptors (Lipinski definition) is 3. The van der Waals surface area contributed by atoms with Crippen LogP contribution >= 0.6 is 0 Å². The summed E-state index contributed by atoms with van der Waals surface area (Å²) in [5.74, 6) is -1.13. The normalized spacial score (nSPS) is 15.7. The van der Waals surface area contributed by atoms with Gasteiger partial charge in [0, 0.05) is 18.2 Å². The second-order valence-electron chi connectivity index (χ2n) is 4.91. The summed E-state index contributed by atoms with van der Waals surface area (Å²) < 4.78 is 13.7. The van der Waals surface area contributed by atoms with Gasteiger partial charge in [0.2, 0.25) is 0 Å². The molecule has 1 N–H and O–H groups in total. The molecule has 5 nitrogen and oxygen atoms in total. The lowest BCUT2D eigenvalue weighted by Crippen LogP contribution is -2.36. The Bertz CT molecular complexity index is 513. The average molecular weight is 281 g/mol. The first-order valence-electron chi connectivity index (χ1n) is 6.73. The highest BCUT2D eigenvalue weighted by molar-refractivity contribution is 5.95. The van der Waals surface area contributed by atoms with Gasteiger partial charge in [0.15, 0.2) is 7.11 Å². The van der Waals surface area contributed by atoms with Crippen LogP contribution < -0.4 is 5.32 Å². The molecule has 0 aliphatic heterocycles. The van der Waals surface area contributed by atoms with E-state index in [1.54, 1.807) is 0 Å². The first-order valence-corrected chi connectivity index (χ1v) is 6.73. The summed E-state index contributed by atoms with van der Waals surface area (Å²) in [4.78, 5) is 28.1. The van der Waals surface area contributed by atoms with Gasteiger partial charge in [-0.05, 0) is 18.9 Å². The van der Waals surface area contributed by atoms with Crippen LogP contribution in [0.5, 0.6) is 0 Å². The number of amides is 1. The Kier molecular flexibility index (Phi) is 4.65. The number of benzene rings is 1. The van der Waals surface area contributed by atoms with Crippen molar-refractivity contribution in [2.45, 2.75) is 38.1 Å². The fraction of sp³-hybridized carbons (Fsp3) is 0.500. The highest BCUT2D eigenvalue weighted by Crippen LogP contribution is 2.20. The van der Waals surface area contributed by atoms with Crippen LogP contribution in [-0.4, -0.2) is 24.0 Å². The number of carbonyl (C=O) groups is 1. The van der Waals surface area contributed by atoms with Crippen molar-refractivity contribution < 1.29 is 18.9 Å². The van der Waals surface area contributed by atoms with Gasteiger partial charge < -0.3 is 5.32 Å². The molecule has 1 aromatic rings. The molecule has 1 aliphatic rings. The molecule has 1 amide bonds. The Morgan fingerprint density at radius 2 is 2.05 bits per heavy atom. The molecule has 0 spiro atoms. The van der Waals surface area contributed by atoms with E-state index in [1.807, 2.05) is 0 Å². The minimum Gasteiger partial charge on any atom is -0.349 e. The summed E-state index contributed by atoms with van der Waals surface area (Å²) in [7, 11) is 1.21. The zero-order valence-corrected chi connectivity index (χ0v) is 11.4. The highest BCUT2D eigenvalue weighted by Gasteiger charge is 2.23. The molecule has 1 fully saturated rings. The number of carbonyl (C=O) groups excluding carboxylic acids is 1. The summed E-state index contributed by atoms with van der Waals surface area (Å²) in [5, 5.41) is 2.82. The summed E-state index contributed by atoms with van der Waals surface area (Å²) >= 11 is 0. The minimum absolute atomic E-state index is 0.0858. The third-order valence-corrected chi connectivity index (χ3v) is 3.51. The Labute approximate surface area is 116 Å². The third kappa shape index (κ3) is 3.31. The summed E-state index contributed by atoms with van der Waals surface area (Å²) in [6.07, 6.45) is 5.16. The van der Waals surface area contributed by atoms with Gasteiger partial charge in [-0.15, -0.1) is 0 Å². The van der Waals surface area contributed by atoms with E-state index in [0.717, 1.165) is 31.7 Å². The van der Waals surface area contributed by atoms with Gasteiger partial charge in [-0.2, -0.15) is 0 Å². The van der Waals surface area contributed by atoms with Crippen LogP contribution in [0.25, 0.3) is 0 Å². The monoisotopic (exact) mass is 281 g/mol. The Morgan fingerprint density at radius 1 is 1.35 bits per heavy atom.